The Morgan fingerprint density at radius 1 is 1.25 bits per heavy atom. The number of benzene rings is 1. The third kappa shape index (κ3) is 5.35. The summed E-state index contributed by atoms with van der Waals surface area (Å²) in [5.41, 5.74) is 3.33. The highest BCUT2D eigenvalue weighted by molar-refractivity contribution is 5.91. The van der Waals surface area contributed by atoms with Crippen LogP contribution in [-0.4, -0.2) is 33.7 Å². The molecular weight excluding hydrogens is 300 g/mol. The Bertz CT molecular complexity index is 686. The lowest BCUT2D eigenvalue weighted by molar-refractivity contribution is -0.116. The van der Waals surface area contributed by atoms with E-state index in [4.69, 9.17) is 0 Å². The van der Waals surface area contributed by atoms with Gasteiger partial charge in [-0.15, -0.1) is 0 Å². The third-order valence-electron chi connectivity index (χ3n) is 4.01. The predicted molar refractivity (Wildman–Crippen MR) is 97.2 cm³/mol. The first-order valence-electron chi connectivity index (χ1n) is 8.36. The summed E-state index contributed by atoms with van der Waals surface area (Å²) in [4.78, 5) is 14.4. The molecule has 0 saturated carbocycles. The Balaban J connectivity index is 1.93. The SMILES string of the molecule is CCN(CC)Cc1ccccc1CNC(=O)/C=C/c1cnn(C)c1. The van der Waals surface area contributed by atoms with Crippen LogP contribution in [0.15, 0.2) is 42.7 Å². The van der Waals surface area contributed by atoms with Crippen molar-refractivity contribution >= 4 is 12.0 Å². The minimum absolute atomic E-state index is 0.100. The molecule has 24 heavy (non-hydrogen) atoms. The highest BCUT2D eigenvalue weighted by Gasteiger charge is 2.06. The van der Waals surface area contributed by atoms with Gasteiger partial charge in [-0.1, -0.05) is 38.1 Å². The fourth-order valence-electron chi connectivity index (χ4n) is 2.51. The number of aryl methyl sites for hydroxylation is 1. The smallest absolute Gasteiger partial charge is 0.244 e. The summed E-state index contributed by atoms with van der Waals surface area (Å²) in [6.45, 7) is 7.81. The van der Waals surface area contributed by atoms with E-state index in [1.54, 1.807) is 23.0 Å². The summed E-state index contributed by atoms with van der Waals surface area (Å²) in [7, 11) is 1.85. The van der Waals surface area contributed by atoms with Crippen LogP contribution in [0.4, 0.5) is 0 Å². The minimum atomic E-state index is -0.100. The second-order valence-electron chi connectivity index (χ2n) is 5.73. The molecule has 1 aromatic carbocycles. The van der Waals surface area contributed by atoms with Crippen molar-refractivity contribution in [1.29, 1.82) is 0 Å². The van der Waals surface area contributed by atoms with Gasteiger partial charge in [0.1, 0.15) is 0 Å². The van der Waals surface area contributed by atoms with Gasteiger partial charge in [0.15, 0.2) is 0 Å². The molecule has 1 aromatic heterocycles. The number of carbonyl (C=O) groups excluding carboxylic acids is 1. The first-order chi connectivity index (χ1) is 11.6. The fraction of sp³-hybridized carbons (Fsp3) is 0.368. The van der Waals surface area contributed by atoms with Gasteiger partial charge in [-0.3, -0.25) is 14.4 Å². The van der Waals surface area contributed by atoms with Crippen molar-refractivity contribution in [2.24, 2.45) is 7.05 Å². The molecule has 0 aliphatic carbocycles. The number of hydrogen-bond acceptors (Lipinski definition) is 3. The average Bonchev–Trinajstić information content (AvgIpc) is 3.02. The lowest BCUT2D eigenvalue weighted by atomic mass is 10.1. The molecule has 2 rings (SSSR count). The van der Waals surface area contributed by atoms with Crippen LogP contribution < -0.4 is 5.32 Å². The minimum Gasteiger partial charge on any atom is -0.348 e. The average molecular weight is 326 g/mol. The Labute approximate surface area is 144 Å². The van der Waals surface area contributed by atoms with Crippen LogP contribution in [0.2, 0.25) is 0 Å². The molecule has 0 fully saturated rings. The van der Waals surface area contributed by atoms with Gasteiger partial charge in [0.25, 0.3) is 0 Å². The highest BCUT2D eigenvalue weighted by atomic mass is 16.1. The van der Waals surface area contributed by atoms with Gasteiger partial charge in [0.2, 0.25) is 5.91 Å². The number of hydrogen-bond donors (Lipinski definition) is 1. The number of amides is 1. The van der Waals surface area contributed by atoms with Crippen LogP contribution >= 0.6 is 0 Å². The molecule has 5 heteroatoms. The van der Waals surface area contributed by atoms with Gasteiger partial charge in [0, 0.05) is 38.0 Å². The van der Waals surface area contributed by atoms with Gasteiger partial charge in [0.05, 0.1) is 6.20 Å². The van der Waals surface area contributed by atoms with E-state index < -0.39 is 0 Å². The summed E-state index contributed by atoms with van der Waals surface area (Å²) < 4.78 is 1.71. The van der Waals surface area contributed by atoms with Crippen molar-refractivity contribution in [1.82, 2.24) is 20.0 Å². The van der Waals surface area contributed by atoms with Crippen LogP contribution in [-0.2, 0) is 24.9 Å². The molecule has 0 bridgehead atoms. The molecule has 0 atom stereocenters. The molecule has 0 spiro atoms. The Kier molecular flexibility index (Phi) is 6.75. The zero-order valence-corrected chi connectivity index (χ0v) is 14.7. The van der Waals surface area contributed by atoms with E-state index in [1.165, 1.54) is 5.56 Å². The summed E-state index contributed by atoms with van der Waals surface area (Å²) in [5.74, 6) is -0.100. The fourth-order valence-corrected chi connectivity index (χ4v) is 2.51. The zero-order chi connectivity index (χ0) is 17.4. The van der Waals surface area contributed by atoms with E-state index in [1.807, 2.05) is 25.4 Å². The van der Waals surface area contributed by atoms with Crippen LogP contribution in [0.1, 0.15) is 30.5 Å². The van der Waals surface area contributed by atoms with Gasteiger partial charge >= 0.3 is 0 Å². The Hall–Kier alpha value is -2.40. The molecule has 0 saturated heterocycles. The molecule has 1 heterocycles. The molecule has 0 radical (unpaired) electrons. The van der Waals surface area contributed by atoms with Crippen molar-refractivity contribution in [3.8, 4) is 0 Å². The lowest BCUT2D eigenvalue weighted by Gasteiger charge is -2.20. The van der Waals surface area contributed by atoms with Crippen molar-refractivity contribution in [3.05, 3.63) is 59.4 Å². The molecule has 5 nitrogen and oxygen atoms in total. The van der Waals surface area contributed by atoms with Crippen molar-refractivity contribution in [3.63, 3.8) is 0 Å². The summed E-state index contributed by atoms with van der Waals surface area (Å²) in [5, 5.41) is 7.03. The highest BCUT2D eigenvalue weighted by Crippen LogP contribution is 2.11. The van der Waals surface area contributed by atoms with E-state index >= 15 is 0 Å². The van der Waals surface area contributed by atoms with Crippen LogP contribution in [0.5, 0.6) is 0 Å². The van der Waals surface area contributed by atoms with Gasteiger partial charge in [-0.25, -0.2) is 0 Å². The monoisotopic (exact) mass is 326 g/mol. The zero-order valence-electron chi connectivity index (χ0n) is 14.7. The molecule has 1 amide bonds. The molecule has 2 aromatic rings. The van der Waals surface area contributed by atoms with Crippen LogP contribution in [0.3, 0.4) is 0 Å². The molecule has 0 unspecified atom stereocenters. The number of carbonyl (C=O) groups is 1. The number of rotatable bonds is 8. The van der Waals surface area contributed by atoms with Crippen molar-refractivity contribution in [2.45, 2.75) is 26.9 Å². The van der Waals surface area contributed by atoms with Crippen molar-refractivity contribution < 1.29 is 4.79 Å². The Morgan fingerprint density at radius 3 is 2.58 bits per heavy atom. The van der Waals surface area contributed by atoms with Crippen LogP contribution in [0, 0.1) is 0 Å². The maximum atomic E-state index is 12.0. The summed E-state index contributed by atoms with van der Waals surface area (Å²) in [6, 6.07) is 8.26. The third-order valence-corrected chi connectivity index (χ3v) is 4.01. The largest absolute Gasteiger partial charge is 0.348 e. The summed E-state index contributed by atoms with van der Waals surface area (Å²) in [6.07, 6.45) is 6.90. The molecule has 1 N–H and O–H groups in total. The first kappa shape index (κ1) is 17.9. The first-order valence-corrected chi connectivity index (χ1v) is 8.36. The topological polar surface area (TPSA) is 50.2 Å². The lowest BCUT2D eigenvalue weighted by Crippen LogP contribution is -2.25. The maximum Gasteiger partial charge on any atom is 0.244 e. The van der Waals surface area contributed by atoms with Crippen molar-refractivity contribution in [2.75, 3.05) is 13.1 Å². The quantitative estimate of drug-likeness (QED) is 0.759. The Morgan fingerprint density at radius 2 is 1.96 bits per heavy atom. The van der Waals surface area contributed by atoms with Gasteiger partial charge < -0.3 is 5.32 Å². The van der Waals surface area contributed by atoms with Crippen LogP contribution in [0.25, 0.3) is 6.08 Å². The molecule has 0 aliphatic heterocycles. The molecule has 128 valence electrons. The number of nitrogens with one attached hydrogen (secondary N) is 1. The van der Waals surface area contributed by atoms with E-state index in [2.05, 4.69) is 41.3 Å². The molecular formula is C19H26N4O. The van der Waals surface area contributed by atoms with E-state index in [0.717, 1.165) is 30.8 Å². The van der Waals surface area contributed by atoms with E-state index in [0.29, 0.717) is 6.54 Å². The normalized spacial score (nSPS) is 11.3. The number of aromatic nitrogens is 2. The second kappa shape index (κ2) is 9.03. The second-order valence-corrected chi connectivity index (χ2v) is 5.73. The molecule has 0 aliphatic rings. The van der Waals surface area contributed by atoms with Gasteiger partial charge in [-0.2, -0.15) is 5.10 Å². The summed E-state index contributed by atoms with van der Waals surface area (Å²) >= 11 is 0. The van der Waals surface area contributed by atoms with E-state index in [9.17, 15) is 4.79 Å². The van der Waals surface area contributed by atoms with E-state index in [-0.39, 0.29) is 5.91 Å². The maximum absolute atomic E-state index is 12.0. The number of nitrogens with zero attached hydrogens (tertiary/aromatic N) is 3. The predicted octanol–water partition coefficient (Wildman–Crippen LogP) is 2.59. The standard InChI is InChI=1S/C19H26N4O/c1-4-23(5-2)15-18-9-7-6-8-17(18)13-20-19(24)11-10-16-12-21-22(3)14-16/h6-12,14H,4-5,13,15H2,1-3H3,(H,20,24)/b11-10+. The van der Waals surface area contributed by atoms with Gasteiger partial charge in [-0.05, 0) is 30.3 Å².